The van der Waals surface area contributed by atoms with Crippen LogP contribution < -0.4 is 4.57 Å². The third kappa shape index (κ3) is 2.13. The Bertz CT molecular complexity index is 579. The van der Waals surface area contributed by atoms with Gasteiger partial charge in [-0.05, 0) is 12.1 Å². The summed E-state index contributed by atoms with van der Waals surface area (Å²) in [6.07, 6.45) is 3.72. The molecule has 2 nitrogen and oxygen atoms in total. The summed E-state index contributed by atoms with van der Waals surface area (Å²) in [6, 6.07) is 8.19. The number of thiocarbonyl (C=S) groups is 1. The van der Waals surface area contributed by atoms with Crippen LogP contribution >= 0.6 is 24.8 Å². The van der Waals surface area contributed by atoms with Crippen LogP contribution in [0.1, 0.15) is 5.82 Å². The number of rotatable bonds is 5. The lowest BCUT2D eigenvalue weighted by molar-refractivity contribution is -0.662. The van der Waals surface area contributed by atoms with Crippen LogP contribution in [-0.4, -0.2) is 8.76 Å². The minimum atomic E-state index is 0.579. The number of benzene rings is 1. The summed E-state index contributed by atoms with van der Waals surface area (Å²) in [5, 5.41) is 0. The fourth-order valence-electron chi connectivity index (χ4n) is 2.15. The number of hydrogen-bond acceptors (Lipinski definition) is 1. The third-order valence-electron chi connectivity index (χ3n) is 2.79. The van der Waals surface area contributed by atoms with E-state index in [-0.39, 0.29) is 0 Å². The van der Waals surface area contributed by atoms with Gasteiger partial charge in [-0.25, -0.2) is 9.13 Å². The maximum absolute atomic E-state index is 5.26. The number of fused-ring (bicyclic) bond motifs is 1. The van der Waals surface area contributed by atoms with Crippen LogP contribution in [0.5, 0.6) is 0 Å². The Morgan fingerprint density at radius 1 is 1.33 bits per heavy atom. The highest BCUT2D eigenvalue weighted by atomic mass is 32.1. The average Bonchev–Trinajstić information content (AvgIpc) is 2.66. The molecule has 0 fully saturated rings. The van der Waals surface area contributed by atoms with Crippen LogP contribution in [0.3, 0.4) is 0 Å². The van der Waals surface area contributed by atoms with E-state index in [0.717, 1.165) is 16.9 Å². The smallest absolute Gasteiger partial charge is 0.218 e. The molecule has 0 bridgehead atoms. The highest BCUT2D eigenvalue weighted by Crippen LogP contribution is 2.16. The molecule has 0 aliphatic rings. The normalized spacial score (nSPS) is 10.5. The monoisotopic (exact) mass is 275 g/mol. The van der Waals surface area contributed by atoms with Gasteiger partial charge in [-0.3, -0.25) is 0 Å². The molecule has 0 saturated heterocycles. The van der Waals surface area contributed by atoms with E-state index in [4.69, 9.17) is 12.2 Å². The van der Waals surface area contributed by atoms with Gasteiger partial charge in [0.25, 0.3) is 0 Å². The summed E-state index contributed by atoms with van der Waals surface area (Å²) in [4.78, 5) is 0. The van der Waals surface area contributed by atoms with E-state index in [2.05, 4.69) is 47.1 Å². The zero-order valence-corrected chi connectivity index (χ0v) is 11.8. The second kappa shape index (κ2) is 5.50. The second-order valence-corrected chi connectivity index (χ2v) is 5.07. The molecule has 1 heterocycles. The number of aromatic nitrogens is 2. The highest BCUT2D eigenvalue weighted by Gasteiger charge is 2.24. The number of imidazole rings is 1. The summed E-state index contributed by atoms with van der Waals surface area (Å²) < 4.78 is 4.83. The van der Waals surface area contributed by atoms with Crippen LogP contribution in [0.4, 0.5) is 0 Å². The van der Waals surface area contributed by atoms with E-state index in [0.29, 0.717) is 17.3 Å². The minimum absolute atomic E-state index is 0.579. The van der Waals surface area contributed by atoms with Crippen LogP contribution in [0.25, 0.3) is 11.0 Å². The Labute approximate surface area is 118 Å². The summed E-state index contributed by atoms with van der Waals surface area (Å²) in [5.74, 6) is 0.925. The molecule has 0 aliphatic heterocycles. The maximum atomic E-state index is 5.26. The summed E-state index contributed by atoms with van der Waals surface area (Å²) in [6.45, 7) is 9.02. The van der Waals surface area contributed by atoms with Gasteiger partial charge < -0.3 is 0 Å². The molecule has 2 aromatic rings. The van der Waals surface area contributed by atoms with Crippen molar-refractivity contribution < 1.29 is 4.57 Å². The number of para-hydroxylation sites is 2. The Balaban J connectivity index is 2.84. The predicted molar refractivity (Wildman–Crippen MR) is 83.2 cm³/mol. The van der Waals surface area contributed by atoms with Crippen molar-refractivity contribution in [3.8, 4) is 0 Å². The number of nitrogens with zero attached hydrogens (tertiary/aromatic N) is 2. The SMILES string of the molecule is C=CCn1c(C(=S)S)[n+](CC=C)c2ccccc21. The van der Waals surface area contributed by atoms with Crippen molar-refractivity contribution in [1.82, 2.24) is 4.57 Å². The summed E-state index contributed by atoms with van der Waals surface area (Å²) in [7, 11) is 0. The molecule has 4 heteroatoms. The Morgan fingerprint density at radius 2 is 2.06 bits per heavy atom. The van der Waals surface area contributed by atoms with Gasteiger partial charge in [0, 0.05) is 0 Å². The van der Waals surface area contributed by atoms with E-state index in [9.17, 15) is 0 Å². The molecule has 0 spiro atoms. The predicted octanol–water partition coefficient (Wildman–Crippen LogP) is 2.91. The molecule has 0 aliphatic carbocycles. The van der Waals surface area contributed by atoms with Crippen molar-refractivity contribution in [2.24, 2.45) is 0 Å². The molecular formula is C14H15N2S2+. The molecule has 0 radical (unpaired) electrons. The van der Waals surface area contributed by atoms with E-state index in [1.165, 1.54) is 0 Å². The van der Waals surface area contributed by atoms with Gasteiger partial charge in [0.05, 0.1) is 0 Å². The number of hydrogen-bond donors (Lipinski definition) is 1. The second-order valence-electron chi connectivity index (χ2n) is 3.92. The Hall–Kier alpha value is -1.39. The first-order valence-electron chi connectivity index (χ1n) is 5.66. The highest BCUT2D eigenvalue weighted by molar-refractivity contribution is 8.11. The molecule has 0 amide bonds. The molecule has 92 valence electrons. The lowest BCUT2D eigenvalue weighted by Gasteiger charge is -1.99. The first-order valence-corrected chi connectivity index (χ1v) is 6.52. The van der Waals surface area contributed by atoms with Crippen molar-refractivity contribution in [2.75, 3.05) is 0 Å². The third-order valence-corrected chi connectivity index (χ3v) is 3.17. The van der Waals surface area contributed by atoms with E-state index < -0.39 is 0 Å². The molecule has 18 heavy (non-hydrogen) atoms. The minimum Gasteiger partial charge on any atom is -0.218 e. The summed E-state index contributed by atoms with van der Waals surface area (Å²) >= 11 is 9.60. The van der Waals surface area contributed by atoms with Gasteiger partial charge in [0.2, 0.25) is 0 Å². The fourth-order valence-corrected chi connectivity index (χ4v) is 2.62. The maximum Gasteiger partial charge on any atom is 0.307 e. The van der Waals surface area contributed by atoms with Gasteiger partial charge in [-0.2, -0.15) is 0 Å². The molecule has 2 rings (SSSR count). The van der Waals surface area contributed by atoms with Crippen molar-refractivity contribution in [1.29, 1.82) is 0 Å². The van der Waals surface area contributed by atoms with Crippen LogP contribution in [-0.2, 0) is 13.1 Å². The quantitative estimate of drug-likeness (QED) is 0.382. The van der Waals surface area contributed by atoms with E-state index in [1.807, 2.05) is 24.3 Å². The van der Waals surface area contributed by atoms with Gasteiger partial charge in [0.1, 0.15) is 13.1 Å². The standard InChI is InChI=1S/C14H14N2S2/c1-3-9-15-11-7-5-6-8-12(11)16(10-4-2)13(15)14(17)18/h3-8H,1-2,9-10H2/p+1. The molecule has 0 unspecified atom stereocenters. The van der Waals surface area contributed by atoms with Crippen molar-refractivity contribution in [3.63, 3.8) is 0 Å². The average molecular weight is 275 g/mol. The largest absolute Gasteiger partial charge is 0.307 e. The lowest BCUT2D eigenvalue weighted by Crippen LogP contribution is -2.38. The van der Waals surface area contributed by atoms with Crippen LogP contribution in [0.15, 0.2) is 49.6 Å². The zero-order chi connectivity index (χ0) is 13.1. The van der Waals surface area contributed by atoms with Gasteiger partial charge in [-0.1, -0.05) is 49.7 Å². The van der Waals surface area contributed by atoms with Gasteiger partial charge in [-0.15, -0.1) is 12.6 Å². The van der Waals surface area contributed by atoms with Crippen molar-refractivity contribution in [2.45, 2.75) is 13.1 Å². The number of allylic oxidation sites excluding steroid dienone is 2. The summed E-state index contributed by atoms with van der Waals surface area (Å²) in [5.41, 5.74) is 2.26. The zero-order valence-electron chi connectivity index (χ0n) is 10.0. The fraction of sp³-hybridized carbons (Fsp3) is 0.143. The van der Waals surface area contributed by atoms with Crippen molar-refractivity contribution in [3.05, 3.63) is 55.4 Å². The van der Waals surface area contributed by atoms with E-state index >= 15 is 0 Å². The lowest BCUT2D eigenvalue weighted by atomic mass is 10.3. The molecule has 0 saturated carbocycles. The molecule has 0 N–H and O–H groups in total. The molecular weight excluding hydrogens is 260 g/mol. The molecule has 1 aromatic carbocycles. The first-order chi connectivity index (χ1) is 8.70. The van der Waals surface area contributed by atoms with Crippen LogP contribution in [0, 0.1) is 0 Å². The van der Waals surface area contributed by atoms with Crippen molar-refractivity contribution >= 4 is 40.1 Å². The molecule has 1 aromatic heterocycles. The van der Waals surface area contributed by atoms with Crippen LogP contribution in [0.2, 0.25) is 0 Å². The van der Waals surface area contributed by atoms with Gasteiger partial charge in [0.15, 0.2) is 15.2 Å². The Kier molecular flexibility index (Phi) is 3.99. The van der Waals surface area contributed by atoms with E-state index in [1.54, 1.807) is 0 Å². The number of thiol groups is 1. The first kappa shape index (κ1) is 13.1. The Morgan fingerprint density at radius 3 is 2.67 bits per heavy atom. The molecule has 0 atom stereocenters. The topological polar surface area (TPSA) is 8.81 Å². The van der Waals surface area contributed by atoms with Gasteiger partial charge >= 0.3 is 5.82 Å².